The zero-order chi connectivity index (χ0) is 21.0. The molecule has 1 aromatic heterocycles. The van der Waals surface area contributed by atoms with Gasteiger partial charge in [0.2, 0.25) is 5.78 Å². The predicted molar refractivity (Wildman–Crippen MR) is 107 cm³/mol. The second kappa shape index (κ2) is 8.55. The van der Waals surface area contributed by atoms with Crippen LogP contribution in [0.4, 0.5) is 5.69 Å². The number of nitro groups is 1. The number of carbonyl (C=O) groups excluding carboxylic acids is 2. The van der Waals surface area contributed by atoms with Crippen molar-refractivity contribution in [1.82, 2.24) is 4.98 Å². The molecule has 150 valence electrons. The van der Waals surface area contributed by atoms with Gasteiger partial charge in [-0.15, -0.1) is 0 Å². The highest BCUT2D eigenvalue weighted by Crippen LogP contribution is 2.28. The van der Waals surface area contributed by atoms with Gasteiger partial charge in [0, 0.05) is 28.7 Å². The van der Waals surface area contributed by atoms with Crippen molar-refractivity contribution < 1.29 is 24.0 Å². The summed E-state index contributed by atoms with van der Waals surface area (Å²) in [6.07, 6.45) is 2.42. The molecule has 3 rings (SSSR count). The minimum absolute atomic E-state index is 0.0276. The predicted octanol–water partition coefficient (Wildman–Crippen LogP) is 4.08. The first-order valence-electron chi connectivity index (χ1n) is 9.16. The molecule has 0 saturated carbocycles. The first-order valence-corrected chi connectivity index (χ1v) is 9.16. The van der Waals surface area contributed by atoms with Gasteiger partial charge in [-0.05, 0) is 31.0 Å². The molecular weight excluding hydrogens is 376 g/mol. The van der Waals surface area contributed by atoms with Crippen molar-refractivity contribution in [3.8, 4) is 5.75 Å². The van der Waals surface area contributed by atoms with Gasteiger partial charge >= 0.3 is 11.7 Å². The summed E-state index contributed by atoms with van der Waals surface area (Å²) >= 11 is 0. The first-order chi connectivity index (χ1) is 14.0. The molecule has 1 N–H and O–H groups in total. The number of hydrogen-bond donors (Lipinski definition) is 1. The highest BCUT2D eigenvalue weighted by atomic mass is 16.6. The molecule has 8 nitrogen and oxygen atoms in total. The van der Waals surface area contributed by atoms with Crippen molar-refractivity contribution in [3.63, 3.8) is 0 Å². The van der Waals surface area contributed by atoms with Crippen LogP contribution in [0.15, 0.2) is 42.6 Å². The summed E-state index contributed by atoms with van der Waals surface area (Å²) in [5, 5.41) is 12.0. The van der Waals surface area contributed by atoms with Crippen LogP contribution in [0.25, 0.3) is 10.9 Å². The van der Waals surface area contributed by atoms with E-state index in [-0.39, 0.29) is 29.4 Å². The van der Waals surface area contributed by atoms with Crippen molar-refractivity contribution in [3.05, 3.63) is 69.4 Å². The number of nitro benzene ring substituents is 1. The van der Waals surface area contributed by atoms with Crippen molar-refractivity contribution in [2.45, 2.75) is 20.3 Å². The molecule has 0 saturated heterocycles. The van der Waals surface area contributed by atoms with Crippen LogP contribution in [-0.2, 0) is 11.2 Å². The first kappa shape index (κ1) is 20.1. The number of aromatic amines is 1. The molecule has 0 spiro atoms. The summed E-state index contributed by atoms with van der Waals surface area (Å²) in [4.78, 5) is 38.5. The normalized spacial score (nSPS) is 10.7. The average Bonchev–Trinajstić information content (AvgIpc) is 3.16. The molecule has 0 amide bonds. The number of benzene rings is 2. The topological polar surface area (TPSA) is 112 Å². The molecule has 3 aromatic rings. The van der Waals surface area contributed by atoms with Gasteiger partial charge in [-0.25, -0.2) is 4.79 Å². The Morgan fingerprint density at radius 3 is 2.66 bits per heavy atom. The van der Waals surface area contributed by atoms with E-state index in [9.17, 15) is 19.7 Å². The van der Waals surface area contributed by atoms with Crippen molar-refractivity contribution >= 4 is 28.3 Å². The number of rotatable bonds is 8. The van der Waals surface area contributed by atoms with Gasteiger partial charge < -0.3 is 14.5 Å². The summed E-state index contributed by atoms with van der Waals surface area (Å²) in [7, 11) is 0. The number of ether oxygens (including phenoxy) is 2. The monoisotopic (exact) mass is 396 g/mol. The number of fused-ring (bicyclic) bond motifs is 1. The zero-order valence-corrected chi connectivity index (χ0v) is 16.1. The van der Waals surface area contributed by atoms with Gasteiger partial charge in [-0.1, -0.05) is 25.1 Å². The van der Waals surface area contributed by atoms with Gasteiger partial charge in [0.05, 0.1) is 17.1 Å². The number of nitrogens with zero attached hydrogens (tertiary/aromatic N) is 1. The van der Waals surface area contributed by atoms with Crippen LogP contribution in [0, 0.1) is 10.1 Å². The second-order valence-corrected chi connectivity index (χ2v) is 6.27. The van der Waals surface area contributed by atoms with Crippen LogP contribution in [0.5, 0.6) is 5.75 Å². The highest BCUT2D eigenvalue weighted by Gasteiger charge is 2.21. The maximum absolute atomic E-state index is 12.5. The molecule has 0 aliphatic heterocycles. The molecule has 0 aliphatic carbocycles. The minimum atomic E-state index is -0.821. The molecule has 0 fully saturated rings. The SMILES string of the molecule is CCOc1ccc(C(=O)OCC(=O)c2c[nH]c3c(CC)cccc23)cc1[N+](=O)[O-]. The Hall–Kier alpha value is -3.68. The molecule has 0 atom stereocenters. The van der Waals surface area contributed by atoms with E-state index in [1.54, 1.807) is 13.1 Å². The summed E-state index contributed by atoms with van der Waals surface area (Å²) in [5.41, 5.74) is 2.03. The van der Waals surface area contributed by atoms with Crippen molar-refractivity contribution in [2.24, 2.45) is 0 Å². The molecule has 0 aliphatic rings. The van der Waals surface area contributed by atoms with Gasteiger partial charge in [-0.2, -0.15) is 0 Å². The number of nitrogens with one attached hydrogen (secondary N) is 1. The Labute approximate surface area is 166 Å². The van der Waals surface area contributed by atoms with E-state index in [2.05, 4.69) is 4.98 Å². The number of Topliss-reactive ketones (excluding diaryl/α,β-unsaturated/α-hetero) is 1. The molecule has 8 heteroatoms. The van der Waals surface area contributed by atoms with Crippen molar-refractivity contribution in [1.29, 1.82) is 0 Å². The van der Waals surface area contributed by atoms with Gasteiger partial charge in [0.1, 0.15) is 0 Å². The van der Waals surface area contributed by atoms with Crippen LogP contribution < -0.4 is 4.74 Å². The second-order valence-electron chi connectivity index (χ2n) is 6.27. The fourth-order valence-corrected chi connectivity index (χ4v) is 3.10. The lowest BCUT2D eigenvalue weighted by Crippen LogP contribution is -2.14. The average molecular weight is 396 g/mol. The third-order valence-electron chi connectivity index (χ3n) is 4.51. The lowest BCUT2D eigenvalue weighted by Gasteiger charge is -2.07. The Morgan fingerprint density at radius 2 is 1.97 bits per heavy atom. The van der Waals surface area contributed by atoms with Gasteiger partial charge in [0.15, 0.2) is 12.4 Å². The minimum Gasteiger partial charge on any atom is -0.487 e. The molecule has 0 bridgehead atoms. The van der Waals surface area contributed by atoms with Crippen molar-refractivity contribution in [2.75, 3.05) is 13.2 Å². The number of aryl methyl sites for hydroxylation is 1. The van der Waals surface area contributed by atoms with E-state index >= 15 is 0 Å². The summed E-state index contributed by atoms with van der Waals surface area (Å²) in [5.74, 6) is -1.12. The zero-order valence-electron chi connectivity index (χ0n) is 16.1. The smallest absolute Gasteiger partial charge is 0.338 e. The summed E-state index contributed by atoms with van der Waals surface area (Å²) in [6.45, 7) is 3.51. The molecule has 29 heavy (non-hydrogen) atoms. The van der Waals surface area contributed by atoms with Gasteiger partial charge in [-0.3, -0.25) is 14.9 Å². The number of H-pyrrole nitrogens is 1. The molecule has 0 unspecified atom stereocenters. The fraction of sp³-hybridized carbons (Fsp3) is 0.238. The standard InChI is InChI=1S/C21H20N2O6/c1-3-13-6-5-7-15-16(11-22-20(13)15)18(24)12-29-21(25)14-8-9-19(28-4-2)17(10-14)23(26)27/h5-11,22H,3-4,12H2,1-2H3. The number of hydrogen-bond acceptors (Lipinski definition) is 6. The largest absolute Gasteiger partial charge is 0.487 e. The number of carbonyl (C=O) groups is 2. The van der Waals surface area contributed by atoms with E-state index in [1.807, 2.05) is 25.1 Å². The third-order valence-corrected chi connectivity index (χ3v) is 4.51. The number of esters is 1. The highest BCUT2D eigenvalue weighted by molar-refractivity contribution is 6.09. The number of aromatic nitrogens is 1. The Bertz CT molecular complexity index is 1090. The maximum atomic E-state index is 12.5. The molecule has 0 radical (unpaired) electrons. The number of para-hydroxylation sites is 1. The van der Waals surface area contributed by atoms with E-state index in [0.29, 0.717) is 5.56 Å². The van der Waals surface area contributed by atoms with E-state index < -0.39 is 17.5 Å². The van der Waals surface area contributed by atoms with Gasteiger partial charge in [0.25, 0.3) is 0 Å². The Balaban J connectivity index is 1.75. The fourth-order valence-electron chi connectivity index (χ4n) is 3.10. The van der Waals surface area contributed by atoms with E-state index in [0.717, 1.165) is 29.0 Å². The van der Waals surface area contributed by atoms with E-state index in [4.69, 9.17) is 9.47 Å². The van der Waals surface area contributed by atoms with Crippen LogP contribution in [0.2, 0.25) is 0 Å². The summed E-state index contributed by atoms with van der Waals surface area (Å²) < 4.78 is 10.3. The lowest BCUT2D eigenvalue weighted by atomic mass is 10.1. The quantitative estimate of drug-likeness (QED) is 0.266. The Kier molecular flexibility index (Phi) is 5.92. The van der Waals surface area contributed by atoms with Crippen LogP contribution >= 0.6 is 0 Å². The maximum Gasteiger partial charge on any atom is 0.338 e. The van der Waals surface area contributed by atoms with Crippen LogP contribution in [0.1, 0.15) is 40.1 Å². The van der Waals surface area contributed by atoms with Crippen LogP contribution in [0.3, 0.4) is 0 Å². The third kappa shape index (κ3) is 4.11. The van der Waals surface area contributed by atoms with Crippen LogP contribution in [-0.4, -0.2) is 34.9 Å². The molecular formula is C21H20N2O6. The lowest BCUT2D eigenvalue weighted by molar-refractivity contribution is -0.385. The summed E-state index contributed by atoms with van der Waals surface area (Å²) in [6, 6.07) is 9.46. The molecule has 1 heterocycles. The van der Waals surface area contributed by atoms with E-state index in [1.165, 1.54) is 12.1 Å². The Morgan fingerprint density at radius 1 is 1.17 bits per heavy atom. The number of ketones is 1. The molecule has 2 aromatic carbocycles.